The number of pyridine rings is 1. The topological polar surface area (TPSA) is 48.1 Å². The number of aromatic nitrogens is 1. The monoisotopic (exact) mass is 310 g/mol. The van der Waals surface area contributed by atoms with Crippen LogP contribution in [0, 0.1) is 5.82 Å². The zero-order valence-electron chi connectivity index (χ0n) is 9.73. The van der Waals surface area contributed by atoms with Gasteiger partial charge in [0.1, 0.15) is 17.3 Å². The van der Waals surface area contributed by atoms with Gasteiger partial charge in [0.2, 0.25) is 0 Å². The van der Waals surface area contributed by atoms with E-state index in [2.05, 4.69) is 20.9 Å². The number of rotatable bonds is 3. The molecule has 0 spiro atoms. The maximum Gasteiger partial charge on any atom is 0.145 e. The first kappa shape index (κ1) is 13.0. The highest BCUT2D eigenvalue weighted by molar-refractivity contribution is 9.10. The Balaban J connectivity index is 2.15. The van der Waals surface area contributed by atoms with Crippen LogP contribution < -0.4 is 10.5 Å². The van der Waals surface area contributed by atoms with E-state index in [0.29, 0.717) is 16.0 Å². The number of nitrogens with zero attached hydrogens (tertiary/aromatic N) is 1. The lowest BCUT2D eigenvalue weighted by atomic mass is 10.2. The van der Waals surface area contributed by atoms with Crippen LogP contribution in [0.15, 0.2) is 41.0 Å². The quantitative estimate of drug-likeness (QED) is 0.938. The van der Waals surface area contributed by atoms with Crippen LogP contribution in [0.5, 0.6) is 11.5 Å². The van der Waals surface area contributed by atoms with Gasteiger partial charge in [-0.05, 0) is 47.1 Å². The molecule has 0 saturated carbocycles. The second-order valence-corrected chi connectivity index (χ2v) is 4.74. The standard InChI is InChI=1S/C13H12BrFN2O/c1-8(16)13-5-3-10(7-17-13)18-9-2-4-11(14)12(15)6-9/h2-8H,16H2,1H3/t8-/m0/s1. The molecule has 0 saturated heterocycles. The first-order chi connectivity index (χ1) is 8.56. The van der Waals surface area contributed by atoms with Crippen LogP contribution in [0.25, 0.3) is 0 Å². The summed E-state index contributed by atoms with van der Waals surface area (Å²) in [6, 6.07) is 8.00. The van der Waals surface area contributed by atoms with Gasteiger partial charge in [0, 0.05) is 12.1 Å². The average Bonchev–Trinajstić information content (AvgIpc) is 2.34. The van der Waals surface area contributed by atoms with Crippen LogP contribution in [0.2, 0.25) is 0 Å². The Hall–Kier alpha value is -1.46. The Bertz CT molecular complexity index is 543. The molecule has 0 aliphatic heterocycles. The summed E-state index contributed by atoms with van der Waals surface area (Å²) >= 11 is 3.08. The van der Waals surface area contributed by atoms with E-state index in [0.717, 1.165) is 5.69 Å². The highest BCUT2D eigenvalue weighted by Crippen LogP contribution is 2.25. The molecule has 0 aliphatic carbocycles. The molecule has 0 fully saturated rings. The summed E-state index contributed by atoms with van der Waals surface area (Å²) in [6.07, 6.45) is 1.57. The molecule has 0 bridgehead atoms. The van der Waals surface area contributed by atoms with Crippen LogP contribution in [0.1, 0.15) is 18.7 Å². The van der Waals surface area contributed by atoms with Gasteiger partial charge in [0.05, 0.1) is 16.4 Å². The van der Waals surface area contributed by atoms with E-state index in [1.54, 1.807) is 30.5 Å². The van der Waals surface area contributed by atoms with Gasteiger partial charge in [-0.15, -0.1) is 0 Å². The third-order valence-electron chi connectivity index (χ3n) is 2.35. The van der Waals surface area contributed by atoms with Crippen LogP contribution in [-0.2, 0) is 0 Å². The van der Waals surface area contributed by atoms with Crippen molar-refractivity contribution in [3.8, 4) is 11.5 Å². The molecule has 1 aromatic carbocycles. The molecule has 5 heteroatoms. The van der Waals surface area contributed by atoms with Crippen LogP contribution in [-0.4, -0.2) is 4.98 Å². The second-order valence-electron chi connectivity index (χ2n) is 3.89. The minimum absolute atomic E-state index is 0.121. The van der Waals surface area contributed by atoms with E-state index in [4.69, 9.17) is 10.5 Å². The zero-order chi connectivity index (χ0) is 13.1. The Morgan fingerprint density at radius 1 is 1.28 bits per heavy atom. The summed E-state index contributed by atoms with van der Waals surface area (Å²) in [5.41, 5.74) is 6.48. The van der Waals surface area contributed by atoms with Crippen molar-refractivity contribution in [2.24, 2.45) is 5.73 Å². The van der Waals surface area contributed by atoms with Crippen molar-refractivity contribution < 1.29 is 9.13 Å². The number of nitrogens with two attached hydrogens (primary N) is 1. The van der Waals surface area contributed by atoms with Crippen LogP contribution >= 0.6 is 15.9 Å². The Kier molecular flexibility index (Phi) is 3.93. The van der Waals surface area contributed by atoms with E-state index in [1.807, 2.05) is 6.92 Å². The summed E-state index contributed by atoms with van der Waals surface area (Å²) < 4.78 is 19.2. The minimum atomic E-state index is -0.368. The van der Waals surface area contributed by atoms with Gasteiger partial charge in [0.25, 0.3) is 0 Å². The van der Waals surface area contributed by atoms with Gasteiger partial charge in [-0.2, -0.15) is 0 Å². The van der Waals surface area contributed by atoms with Crippen LogP contribution in [0.4, 0.5) is 4.39 Å². The molecule has 1 aromatic heterocycles. The molecule has 1 heterocycles. The number of ether oxygens (including phenoxy) is 1. The fourth-order valence-corrected chi connectivity index (χ4v) is 1.64. The summed E-state index contributed by atoms with van der Waals surface area (Å²) in [6.45, 7) is 1.85. The van der Waals surface area contributed by atoms with Crippen molar-refractivity contribution in [2.45, 2.75) is 13.0 Å². The Labute approximate surface area is 113 Å². The molecule has 0 amide bonds. The smallest absolute Gasteiger partial charge is 0.145 e. The van der Waals surface area contributed by atoms with Gasteiger partial charge >= 0.3 is 0 Å². The highest BCUT2D eigenvalue weighted by atomic mass is 79.9. The fraction of sp³-hybridized carbons (Fsp3) is 0.154. The average molecular weight is 311 g/mol. The van der Waals surface area contributed by atoms with Crippen molar-refractivity contribution in [2.75, 3.05) is 0 Å². The van der Waals surface area contributed by atoms with Crippen molar-refractivity contribution in [1.29, 1.82) is 0 Å². The molecule has 0 aliphatic rings. The fourth-order valence-electron chi connectivity index (χ4n) is 1.40. The number of benzene rings is 1. The highest BCUT2D eigenvalue weighted by Gasteiger charge is 2.04. The van der Waals surface area contributed by atoms with E-state index in [9.17, 15) is 4.39 Å². The first-order valence-corrected chi connectivity index (χ1v) is 6.20. The SMILES string of the molecule is C[C@H](N)c1ccc(Oc2ccc(Br)c(F)c2)cn1. The van der Waals surface area contributed by atoms with Gasteiger partial charge < -0.3 is 10.5 Å². The predicted octanol–water partition coefficient (Wildman–Crippen LogP) is 3.80. The number of hydrogen-bond acceptors (Lipinski definition) is 3. The van der Waals surface area contributed by atoms with Gasteiger partial charge in [-0.25, -0.2) is 4.39 Å². The van der Waals surface area contributed by atoms with E-state index in [1.165, 1.54) is 6.07 Å². The normalized spacial score (nSPS) is 12.2. The largest absolute Gasteiger partial charge is 0.456 e. The van der Waals surface area contributed by atoms with Crippen molar-refractivity contribution in [1.82, 2.24) is 4.98 Å². The van der Waals surface area contributed by atoms with Gasteiger partial charge in [-0.3, -0.25) is 4.98 Å². The summed E-state index contributed by atoms with van der Waals surface area (Å²) in [5.74, 6) is 0.597. The Morgan fingerprint density at radius 3 is 2.56 bits per heavy atom. The predicted molar refractivity (Wildman–Crippen MR) is 71.0 cm³/mol. The molecule has 0 radical (unpaired) electrons. The zero-order valence-corrected chi connectivity index (χ0v) is 11.3. The molecule has 2 rings (SSSR count). The lowest BCUT2D eigenvalue weighted by Crippen LogP contribution is -2.06. The second kappa shape index (κ2) is 5.46. The van der Waals surface area contributed by atoms with Gasteiger partial charge in [-0.1, -0.05) is 0 Å². The lowest BCUT2D eigenvalue weighted by molar-refractivity contribution is 0.473. The van der Waals surface area contributed by atoms with E-state index in [-0.39, 0.29) is 11.9 Å². The summed E-state index contributed by atoms with van der Waals surface area (Å²) in [4.78, 5) is 4.16. The van der Waals surface area contributed by atoms with Crippen molar-refractivity contribution in [3.63, 3.8) is 0 Å². The molecule has 1 atom stereocenters. The van der Waals surface area contributed by atoms with Gasteiger partial charge in [0.15, 0.2) is 0 Å². The van der Waals surface area contributed by atoms with Crippen molar-refractivity contribution in [3.05, 3.63) is 52.5 Å². The Morgan fingerprint density at radius 2 is 2.00 bits per heavy atom. The van der Waals surface area contributed by atoms with E-state index >= 15 is 0 Å². The van der Waals surface area contributed by atoms with Crippen molar-refractivity contribution >= 4 is 15.9 Å². The summed E-state index contributed by atoms with van der Waals surface area (Å²) in [5, 5.41) is 0. The molecule has 3 nitrogen and oxygen atoms in total. The minimum Gasteiger partial charge on any atom is -0.456 e. The molecule has 2 N–H and O–H groups in total. The molecule has 0 unspecified atom stereocenters. The number of halogens is 2. The maximum absolute atomic E-state index is 13.3. The number of hydrogen-bond donors (Lipinski definition) is 1. The maximum atomic E-state index is 13.3. The first-order valence-electron chi connectivity index (χ1n) is 5.40. The molecule has 94 valence electrons. The lowest BCUT2D eigenvalue weighted by Gasteiger charge is -2.08. The third kappa shape index (κ3) is 3.05. The van der Waals surface area contributed by atoms with Crippen LogP contribution in [0.3, 0.4) is 0 Å². The molecule has 2 aromatic rings. The summed E-state index contributed by atoms with van der Waals surface area (Å²) in [7, 11) is 0. The molecular weight excluding hydrogens is 299 g/mol. The molecule has 18 heavy (non-hydrogen) atoms. The molecular formula is C13H12BrFN2O. The third-order valence-corrected chi connectivity index (χ3v) is 3.00. The van der Waals surface area contributed by atoms with E-state index < -0.39 is 0 Å².